The third-order valence-corrected chi connectivity index (χ3v) is 3.14. The normalized spacial score (nSPS) is 10.3. The molecule has 0 saturated carbocycles. The molecule has 0 heterocycles. The SMILES string of the molecule is CCN(C(=O)c1ccc(CN)cc1)c1ccccc1F. The largest absolute Gasteiger partial charge is 0.326 e. The number of amides is 1. The van der Waals surface area contributed by atoms with Crippen LogP contribution in [0.1, 0.15) is 22.8 Å². The summed E-state index contributed by atoms with van der Waals surface area (Å²) < 4.78 is 13.8. The zero-order valence-electron chi connectivity index (χ0n) is 11.3. The second-order valence-electron chi connectivity index (χ2n) is 4.40. The standard InChI is InChI=1S/C16H17FN2O/c1-2-19(15-6-4-3-5-14(15)17)16(20)13-9-7-12(11-18)8-10-13/h3-10H,2,11,18H2,1H3. The molecule has 0 unspecified atom stereocenters. The van der Waals surface area contributed by atoms with Crippen molar-refractivity contribution in [2.75, 3.05) is 11.4 Å². The third kappa shape index (κ3) is 2.86. The molecular weight excluding hydrogens is 255 g/mol. The number of benzene rings is 2. The van der Waals surface area contributed by atoms with E-state index >= 15 is 0 Å². The van der Waals surface area contributed by atoms with Crippen LogP contribution in [-0.2, 0) is 6.54 Å². The summed E-state index contributed by atoms with van der Waals surface area (Å²) in [6.07, 6.45) is 0. The van der Waals surface area contributed by atoms with Gasteiger partial charge in [0.2, 0.25) is 0 Å². The summed E-state index contributed by atoms with van der Waals surface area (Å²) in [6.45, 7) is 2.65. The molecule has 2 N–H and O–H groups in total. The van der Waals surface area contributed by atoms with Gasteiger partial charge in [-0.3, -0.25) is 4.79 Å². The van der Waals surface area contributed by atoms with E-state index < -0.39 is 5.82 Å². The number of hydrogen-bond donors (Lipinski definition) is 1. The molecule has 2 rings (SSSR count). The predicted octanol–water partition coefficient (Wildman–Crippen LogP) is 2.95. The van der Waals surface area contributed by atoms with Crippen LogP contribution in [0.4, 0.5) is 10.1 Å². The average molecular weight is 272 g/mol. The highest BCUT2D eigenvalue weighted by molar-refractivity contribution is 6.06. The van der Waals surface area contributed by atoms with Crippen LogP contribution < -0.4 is 10.6 Å². The Kier molecular flexibility index (Phi) is 4.48. The van der Waals surface area contributed by atoms with Gasteiger partial charge in [0.15, 0.2) is 0 Å². The molecule has 0 atom stereocenters. The fourth-order valence-electron chi connectivity index (χ4n) is 2.03. The monoisotopic (exact) mass is 272 g/mol. The number of nitrogens with zero attached hydrogens (tertiary/aromatic N) is 1. The van der Waals surface area contributed by atoms with Crippen LogP contribution in [0.15, 0.2) is 48.5 Å². The first-order valence-electron chi connectivity index (χ1n) is 6.52. The number of rotatable bonds is 4. The molecule has 2 aromatic rings. The van der Waals surface area contributed by atoms with Crippen LogP contribution >= 0.6 is 0 Å². The quantitative estimate of drug-likeness (QED) is 0.930. The smallest absolute Gasteiger partial charge is 0.258 e. The van der Waals surface area contributed by atoms with Crippen molar-refractivity contribution in [1.82, 2.24) is 0 Å². The molecule has 4 heteroatoms. The van der Waals surface area contributed by atoms with Gasteiger partial charge in [0.05, 0.1) is 5.69 Å². The lowest BCUT2D eigenvalue weighted by atomic mass is 10.1. The minimum atomic E-state index is -0.402. The maximum atomic E-state index is 13.8. The van der Waals surface area contributed by atoms with Crippen molar-refractivity contribution in [2.45, 2.75) is 13.5 Å². The molecule has 0 spiro atoms. The molecule has 0 radical (unpaired) electrons. The van der Waals surface area contributed by atoms with Gasteiger partial charge in [-0.2, -0.15) is 0 Å². The van der Waals surface area contributed by atoms with Crippen molar-refractivity contribution < 1.29 is 9.18 Å². The zero-order valence-corrected chi connectivity index (χ0v) is 11.3. The minimum Gasteiger partial charge on any atom is -0.326 e. The van der Waals surface area contributed by atoms with Crippen LogP contribution in [0.2, 0.25) is 0 Å². The molecule has 0 aliphatic carbocycles. The Bertz CT molecular complexity index is 596. The Hall–Kier alpha value is -2.20. The fraction of sp³-hybridized carbons (Fsp3) is 0.188. The lowest BCUT2D eigenvalue weighted by Gasteiger charge is -2.21. The number of halogens is 1. The molecule has 0 fully saturated rings. The Morgan fingerprint density at radius 1 is 1.15 bits per heavy atom. The lowest BCUT2D eigenvalue weighted by Crippen LogP contribution is -2.31. The summed E-state index contributed by atoms with van der Waals surface area (Å²) >= 11 is 0. The molecule has 104 valence electrons. The van der Waals surface area contributed by atoms with E-state index in [0.29, 0.717) is 24.3 Å². The number of nitrogens with two attached hydrogens (primary N) is 1. The molecule has 20 heavy (non-hydrogen) atoms. The Morgan fingerprint density at radius 3 is 2.35 bits per heavy atom. The number of para-hydroxylation sites is 1. The van der Waals surface area contributed by atoms with Crippen molar-refractivity contribution in [1.29, 1.82) is 0 Å². The van der Waals surface area contributed by atoms with Crippen LogP contribution in [0.5, 0.6) is 0 Å². The third-order valence-electron chi connectivity index (χ3n) is 3.14. The van der Waals surface area contributed by atoms with Gasteiger partial charge in [-0.1, -0.05) is 24.3 Å². The molecule has 2 aromatic carbocycles. The highest BCUT2D eigenvalue weighted by atomic mass is 19.1. The second kappa shape index (κ2) is 6.30. The first kappa shape index (κ1) is 14.2. The maximum absolute atomic E-state index is 13.8. The molecule has 0 aromatic heterocycles. The van der Waals surface area contributed by atoms with Gasteiger partial charge in [-0.15, -0.1) is 0 Å². The molecule has 1 amide bonds. The minimum absolute atomic E-state index is 0.221. The van der Waals surface area contributed by atoms with Gasteiger partial charge in [0, 0.05) is 18.7 Å². The number of carbonyl (C=O) groups excluding carboxylic acids is 1. The molecule has 3 nitrogen and oxygen atoms in total. The fourth-order valence-corrected chi connectivity index (χ4v) is 2.03. The highest BCUT2D eigenvalue weighted by Crippen LogP contribution is 2.20. The Labute approximate surface area is 117 Å². The van der Waals surface area contributed by atoms with E-state index in [1.54, 1.807) is 30.3 Å². The first-order valence-corrected chi connectivity index (χ1v) is 6.52. The average Bonchev–Trinajstić information content (AvgIpc) is 2.50. The Balaban J connectivity index is 2.31. The summed E-state index contributed by atoms with van der Waals surface area (Å²) in [5.74, 6) is -0.623. The van der Waals surface area contributed by atoms with E-state index in [2.05, 4.69) is 0 Å². The summed E-state index contributed by atoms with van der Waals surface area (Å²) in [7, 11) is 0. The van der Waals surface area contributed by atoms with Crippen molar-refractivity contribution in [3.05, 3.63) is 65.5 Å². The number of anilines is 1. The van der Waals surface area contributed by atoms with Crippen LogP contribution in [0, 0.1) is 5.82 Å². The van der Waals surface area contributed by atoms with E-state index in [-0.39, 0.29) is 5.91 Å². The van der Waals surface area contributed by atoms with E-state index in [9.17, 15) is 9.18 Å². The van der Waals surface area contributed by atoms with E-state index in [1.165, 1.54) is 11.0 Å². The van der Waals surface area contributed by atoms with Crippen molar-refractivity contribution >= 4 is 11.6 Å². The molecular formula is C16H17FN2O. The van der Waals surface area contributed by atoms with Gasteiger partial charge in [0.25, 0.3) is 5.91 Å². The highest BCUT2D eigenvalue weighted by Gasteiger charge is 2.18. The summed E-state index contributed by atoms with van der Waals surface area (Å²) in [4.78, 5) is 13.9. The molecule has 0 saturated heterocycles. The van der Waals surface area contributed by atoms with Gasteiger partial charge in [0.1, 0.15) is 5.82 Å². The molecule has 0 bridgehead atoms. The van der Waals surface area contributed by atoms with Gasteiger partial charge in [-0.25, -0.2) is 4.39 Å². The Morgan fingerprint density at radius 2 is 1.80 bits per heavy atom. The van der Waals surface area contributed by atoms with Crippen LogP contribution in [0.25, 0.3) is 0 Å². The summed E-state index contributed by atoms with van der Waals surface area (Å²) in [5, 5.41) is 0. The predicted molar refractivity (Wildman–Crippen MR) is 78.1 cm³/mol. The first-order chi connectivity index (χ1) is 9.67. The van der Waals surface area contributed by atoms with Crippen molar-refractivity contribution in [2.24, 2.45) is 5.73 Å². The van der Waals surface area contributed by atoms with Gasteiger partial charge < -0.3 is 10.6 Å². The van der Waals surface area contributed by atoms with Crippen molar-refractivity contribution in [3.8, 4) is 0 Å². The van der Waals surface area contributed by atoms with Gasteiger partial charge >= 0.3 is 0 Å². The van der Waals surface area contributed by atoms with Crippen LogP contribution in [0.3, 0.4) is 0 Å². The summed E-state index contributed by atoms with van der Waals surface area (Å²) in [6, 6.07) is 13.3. The summed E-state index contributed by atoms with van der Waals surface area (Å²) in [5.41, 5.74) is 7.30. The van der Waals surface area contributed by atoms with E-state index in [0.717, 1.165) is 5.56 Å². The second-order valence-corrected chi connectivity index (χ2v) is 4.40. The number of hydrogen-bond acceptors (Lipinski definition) is 2. The molecule has 0 aliphatic rings. The lowest BCUT2D eigenvalue weighted by molar-refractivity contribution is 0.0987. The van der Waals surface area contributed by atoms with Crippen LogP contribution in [-0.4, -0.2) is 12.5 Å². The topological polar surface area (TPSA) is 46.3 Å². The van der Waals surface area contributed by atoms with Gasteiger partial charge in [-0.05, 0) is 36.8 Å². The van der Waals surface area contributed by atoms with E-state index in [1.807, 2.05) is 19.1 Å². The maximum Gasteiger partial charge on any atom is 0.258 e. The zero-order chi connectivity index (χ0) is 14.5. The number of carbonyl (C=O) groups is 1. The molecule has 0 aliphatic heterocycles. The van der Waals surface area contributed by atoms with Crippen molar-refractivity contribution in [3.63, 3.8) is 0 Å². The van der Waals surface area contributed by atoms with E-state index in [4.69, 9.17) is 5.73 Å².